The average molecular weight is 382 g/mol. The molecule has 3 rings (SSSR count). The van der Waals surface area contributed by atoms with Gasteiger partial charge in [-0.2, -0.15) is 0 Å². The van der Waals surface area contributed by atoms with Crippen molar-refractivity contribution in [1.29, 1.82) is 0 Å². The number of carbonyl (C=O) groups is 2. The third-order valence-electron chi connectivity index (χ3n) is 4.10. The Labute approximate surface area is 160 Å². The van der Waals surface area contributed by atoms with Gasteiger partial charge in [-0.1, -0.05) is 12.1 Å². The molecule has 0 aliphatic rings. The Morgan fingerprint density at radius 2 is 1.89 bits per heavy atom. The zero-order valence-electron chi connectivity index (χ0n) is 15.3. The number of aromatic nitrogens is 2. The molecule has 0 bridgehead atoms. The van der Waals surface area contributed by atoms with Gasteiger partial charge >= 0.3 is 5.97 Å². The number of hydrogen-bond donors (Lipinski definition) is 1. The number of amides is 1. The van der Waals surface area contributed by atoms with Gasteiger partial charge in [0.25, 0.3) is 11.6 Å². The number of carbonyl (C=O) groups excluding carboxylic acids is 2. The number of nitro benzene ring substituents is 1. The molecule has 1 aromatic heterocycles. The van der Waals surface area contributed by atoms with Crippen LogP contribution in [0.1, 0.15) is 34.6 Å². The van der Waals surface area contributed by atoms with Crippen LogP contribution < -0.4 is 5.32 Å². The van der Waals surface area contributed by atoms with E-state index in [1.54, 1.807) is 6.92 Å². The minimum absolute atomic E-state index is 0.0352. The number of anilines is 1. The van der Waals surface area contributed by atoms with E-state index in [-0.39, 0.29) is 23.4 Å². The summed E-state index contributed by atoms with van der Waals surface area (Å²) in [6, 6.07) is 10.9. The largest absolute Gasteiger partial charge is 0.462 e. The van der Waals surface area contributed by atoms with E-state index in [4.69, 9.17) is 4.74 Å². The lowest BCUT2D eigenvalue weighted by atomic mass is 10.1. The summed E-state index contributed by atoms with van der Waals surface area (Å²) < 4.78 is 6.70. The SMILES string of the molecule is CCOC(=O)c1cc(C(=O)Nc2nc3ccccc3n2CC)cc([N+](=O)[O-])c1. The second-order valence-electron chi connectivity index (χ2n) is 5.87. The number of non-ortho nitro benzene ring substituents is 1. The highest BCUT2D eigenvalue weighted by molar-refractivity contribution is 6.06. The van der Waals surface area contributed by atoms with Crippen molar-refractivity contribution in [2.45, 2.75) is 20.4 Å². The van der Waals surface area contributed by atoms with Crippen LogP contribution in [0.2, 0.25) is 0 Å². The lowest BCUT2D eigenvalue weighted by molar-refractivity contribution is -0.384. The van der Waals surface area contributed by atoms with Gasteiger partial charge in [0.15, 0.2) is 0 Å². The zero-order valence-corrected chi connectivity index (χ0v) is 15.3. The first kappa shape index (κ1) is 19.0. The third-order valence-corrected chi connectivity index (χ3v) is 4.10. The monoisotopic (exact) mass is 382 g/mol. The van der Waals surface area contributed by atoms with Crippen LogP contribution in [-0.4, -0.2) is 33.0 Å². The molecule has 144 valence electrons. The van der Waals surface area contributed by atoms with Crippen LogP contribution in [0.5, 0.6) is 0 Å². The first-order valence-corrected chi connectivity index (χ1v) is 8.67. The molecular weight excluding hydrogens is 364 g/mol. The summed E-state index contributed by atoms with van der Waals surface area (Å²) >= 11 is 0. The van der Waals surface area contributed by atoms with Crippen molar-refractivity contribution in [2.24, 2.45) is 0 Å². The Hall–Kier alpha value is -3.75. The molecule has 1 amide bonds. The maximum Gasteiger partial charge on any atom is 0.338 e. The van der Waals surface area contributed by atoms with Crippen molar-refractivity contribution in [3.05, 3.63) is 63.7 Å². The third kappa shape index (κ3) is 3.68. The van der Waals surface area contributed by atoms with E-state index in [1.165, 1.54) is 6.07 Å². The normalized spacial score (nSPS) is 10.6. The fourth-order valence-corrected chi connectivity index (χ4v) is 2.84. The van der Waals surface area contributed by atoms with Gasteiger partial charge in [-0.3, -0.25) is 20.2 Å². The fourth-order valence-electron chi connectivity index (χ4n) is 2.84. The number of aryl methyl sites for hydroxylation is 1. The molecule has 9 nitrogen and oxygen atoms in total. The van der Waals surface area contributed by atoms with Crippen molar-refractivity contribution in [1.82, 2.24) is 9.55 Å². The number of nitrogens with one attached hydrogen (secondary N) is 1. The molecule has 2 aromatic carbocycles. The maximum absolute atomic E-state index is 12.7. The van der Waals surface area contributed by atoms with Gasteiger partial charge < -0.3 is 9.30 Å². The van der Waals surface area contributed by atoms with Crippen LogP contribution in [0.3, 0.4) is 0 Å². The quantitative estimate of drug-likeness (QED) is 0.397. The van der Waals surface area contributed by atoms with E-state index in [1.807, 2.05) is 35.8 Å². The molecule has 1 N–H and O–H groups in total. The van der Waals surface area contributed by atoms with Gasteiger partial charge in [-0.05, 0) is 32.0 Å². The summed E-state index contributed by atoms with van der Waals surface area (Å²) in [6.07, 6.45) is 0. The number of ether oxygens (including phenoxy) is 1. The van der Waals surface area contributed by atoms with Crippen LogP contribution in [0.15, 0.2) is 42.5 Å². The number of nitro groups is 1. The Bertz CT molecular complexity index is 1070. The molecule has 0 fully saturated rings. The Kier molecular flexibility index (Phi) is 5.35. The van der Waals surface area contributed by atoms with Gasteiger partial charge in [0.1, 0.15) is 0 Å². The number of imidazole rings is 1. The highest BCUT2D eigenvalue weighted by Gasteiger charge is 2.20. The summed E-state index contributed by atoms with van der Waals surface area (Å²) in [5.74, 6) is -1.03. The molecule has 0 saturated heterocycles. The molecule has 3 aromatic rings. The standard InChI is InChI=1S/C19H18N4O5/c1-3-22-16-8-6-5-7-15(16)20-19(22)21-17(24)12-9-13(18(25)28-4-2)11-14(10-12)23(26)27/h5-11H,3-4H2,1-2H3,(H,20,21,24). The number of rotatable bonds is 6. The Morgan fingerprint density at radius 1 is 1.18 bits per heavy atom. The first-order valence-electron chi connectivity index (χ1n) is 8.67. The molecule has 0 saturated carbocycles. The summed E-state index contributed by atoms with van der Waals surface area (Å²) in [5, 5.41) is 13.9. The van der Waals surface area contributed by atoms with Gasteiger partial charge in [0.05, 0.1) is 28.1 Å². The average Bonchev–Trinajstić information content (AvgIpc) is 3.04. The summed E-state index contributed by atoms with van der Waals surface area (Å²) in [4.78, 5) is 39.6. The minimum Gasteiger partial charge on any atom is -0.462 e. The van der Waals surface area contributed by atoms with Crippen LogP contribution in [0.25, 0.3) is 11.0 Å². The number of nitrogens with zero attached hydrogens (tertiary/aromatic N) is 3. The zero-order chi connectivity index (χ0) is 20.3. The maximum atomic E-state index is 12.7. The predicted octanol–water partition coefficient (Wildman–Crippen LogP) is 3.39. The van der Waals surface area contributed by atoms with Crippen LogP contribution in [0, 0.1) is 10.1 Å². The summed E-state index contributed by atoms with van der Waals surface area (Å²) in [7, 11) is 0. The van der Waals surface area contributed by atoms with E-state index < -0.39 is 16.8 Å². The highest BCUT2D eigenvalue weighted by Crippen LogP contribution is 2.22. The molecule has 0 radical (unpaired) electrons. The summed E-state index contributed by atoms with van der Waals surface area (Å²) in [5.41, 5.74) is 1.09. The van der Waals surface area contributed by atoms with E-state index in [0.29, 0.717) is 18.0 Å². The van der Waals surface area contributed by atoms with E-state index in [9.17, 15) is 19.7 Å². The minimum atomic E-state index is -0.735. The number of para-hydroxylation sites is 2. The molecule has 0 unspecified atom stereocenters. The smallest absolute Gasteiger partial charge is 0.338 e. The molecule has 9 heteroatoms. The van der Waals surface area contributed by atoms with Crippen molar-refractivity contribution in [3.8, 4) is 0 Å². The van der Waals surface area contributed by atoms with Gasteiger partial charge in [0.2, 0.25) is 5.95 Å². The molecule has 0 aliphatic carbocycles. The van der Waals surface area contributed by atoms with Crippen LogP contribution >= 0.6 is 0 Å². The van der Waals surface area contributed by atoms with E-state index >= 15 is 0 Å². The Morgan fingerprint density at radius 3 is 2.57 bits per heavy atom. The number of fused-ring (bicyclic) bond motifs is 1. The number of esters is 1. The van der Waals surface area contributed by atoms with Crippen molar-refractivity contribution >= 4 is 34.5 Å². The molecule has 1 heterocycles. The van der Waals surface area contributed by atoms with Crippen molar-refractivity contribution < 1.29 is 19.2 Å². The van der Waals surface area contributed by atoms with E-state index in [2.05, 4.69) is 10.3 Å². The van der Waals surface area contributed by atoms with Crippen molar-refractivity contribution in [2.75, 3.05) is 11.9 Å². The topological polar surface area (TPSA) is 116 Å². The predicted molar refractivity (Wildman–Crippen MR) is 102 cm³/mol. The van der Waals surface area contributed by atoms with Gasteiger partial charge in [-0.15, -0.1) is 0 Å². The Balaban J connectivity index is 1.98. The lowest BCUT2D eigenvalue weighted by Crippen LogP contribution is -2.17. The number of hydrogen-bond acceptors (Lipinski definition) is 6. The molecule has 0 atom stereocenters. The number of benzene rings is 2. The van der Waals surface area contributed by atoms with Crippen LogP contribution in [-0.2, 0) is 11.3 Å². The molecule has 0 aliphatic heterocycles. The molecule has 28 heavy (non-hydrogen) atoms. The lowest BCUT2D eigenvalue weighted by Gasteiger charge is -2.09. The van der Waals surface area contributed by atoms with Crippen molar-refractivity contribution in [3.63, 3.8) is 0 Å². The van der Waals surface area contributed by atoms with E-state index in [0.717, 1.165) is 17.6 Å². The second kappa shape index (κ2) is 7.87. The van der Waals surface area contributed by atoms with Gasteiger partial charge in [0, 0.05) is 24.2 Å². The highest BCUT2D eigenvalue weighted by atomic mass is 16.6. The second-order valence-corrected chi connectivity index (χ2v) is 5.87. The molecular formula is C19H18N4O5. The van der Waals surface area contributed by atoms with Crippen LogP contribution in [0.4, 0.5) is 11.6 Å². The summed E-state index contributed by atoms with van der Waals surface area (Å²) in [6.45, 7) is 4.22. The first-order chi connectivity index (χ1) is 13.4. The van der Waals surface area contributed by atoms with Gasteiger partial charge in [-0.25, -0.2) is 9.78 Å². The molecule has 0 spiro atoms. The fraction of sp³-hybridized carbons (Fsp3) is 0.211.